The van der Waals surface area contributed by atoms with Crippen molar-refractivity contribution in [1.29, 1.82) is 0 Å². The van der Waals surface area contributed by atoms with Crippen molar-refractivity contribution in [2.24, 2.45) is 16.8 Å². The number of aromatic nitrogens is 1. The molecule has 0 fully saturated rings. The lowest BCUT2D eigenvalue weighted by Crippen LogP contribution is -2.48. The molecular formula is C15H18N4O2. The number of fused-ring (bicyclic) bond motifs is 1. The lowest BCUT2D eigenvalue weighted by molar-refractivity contribution is 0.0934. The average molecular weight is 286 g/mol. The van der Waals surface area contributed by atoms with E-state index < -0.39 is 6.04 Å². The van der Waals surface area contributed by atoms with Crippen LogP contribution in [0.15, 0.2) is 41.6 Å². The summed E-state index contributed by atoms with van der Waals surface area (Å²) in [4.78, 5) is 16.6. The van der Waals surface area contributed by atoms with E-state index in [1.807, 2.05) is 44.2 Å². The Kier molecular flexibility index (Phi) is 4.37. The van der Waals surface area contributed by atoms with Crippen LogP contribution in [-0.2, 0) is 0 Å². The molecule has 1 unspecified atom stereocenters. The molecule has 1 atom stereocenters. The highest BCUT2D eigenvalue weighted by Crippen LogP contribution is 2.12. The highest BCUT2D eigenvalue weighted by atomic mass is 16.4. The highest BCUT2D eigenvalue weighted by Gasteiger charge is 2.22. The zero-order valence-electron chi connectivity index (χ0n) is 11.9. The third-order valence-electron chi connectivity index (χ3n) is 3.22. The minimum atomic E-state index is -0.546. The number of nitrogens with two attached hydrogens (primary N) is 1. The molecule has 6 heteroatoms. The van der Waals surface area contributed by atoms with Crippen molar-refractivity contribution in [3.63, 3.8) is 0 Å². The summed E-state index contributed by atoms with van der Waals surface area (Å²) in [5.74, 6) is -0.393. The van der Waals surface area contributed by atoms with Gasteiger partial charge < -0.3 is 16.3 Å². The van der Waals surface area contributed by atoms with Gasteiger partial charge in [-0.25, -0.2) is 4.98 Å². The van der Waals surface area contributed by atoms with E-state index in [4.69, 9.17) is 10.9 Å². The molecule has 2 rings (SSSR count). The fourth-order valence-electron chi connectivity index (χ4n) is 2.05. The number of nitrogens with one attached hydrogen (secondary N) is 1. The quantitative estimate of drug-likeness (QED) is 0.345. The first kappa shape index (κ1) is 14.8. The van der Waals surface area contributed by atoms with E-state index in [2.05, 4.69) is 15.5 Å². The molecule has 1 aromatic carbocycles. The Bertz CT molecular complexity index is 682. The van der Waals surface area contributed by atoms with Crippen molar-refractivity contribution < 1.29 is 10.0 Å². The fourth-order valence-corrected chi connectivity index (χ4v) is 2.05. The highest BCUT2D eigenvalue weighted by molar-refractivity contribution is 5.98. The molecule has 1 amide bonds. The van der Waals surface area contributed by atoms with Crippen LogP contribution >= 0.6 is 0 Å². The molecule has 2 aromatic rings. The standard InChI is InChI=1S/C15H18N4O2/c1-9(2)13(14(16)19-21)18-15(20)12-8-7-10-5-3-4-6-11(10)17-12/h3-9,13,21H,1-2H3,(H2,16,19)(H,18,20). The molecule has 0 aliphatic carbocycles. The molecule has 1 aromatic heterocycles. The van der Waals surface area contributed by atoms with Gasteiger partial charge in [0, 0.05) is 5.39 Å². The van der Waals surface area contributed by atoms with Gasteiger partial charge in [0.25, 0.3) is 5.91 Å². The number of amidine groups is 1. The monoisotopic (exact) mass is 286 g/mol. The lowest BCUT2D eigenvalue weighted by Gasteiger charge is -2.20. The molecular weight excluding hydrogens is 268 g/mol. The summed E-state index contributed by atoms with van der Waals surface area (Å²) in [5, 5.41) is 15.4. The summed E-state index contributed by atoms with van der Waals surface area (Å²) in [6.07, 6.45) is 0. The number of nitrogens with zero attached hydrogens (tertiary/aromatic N) is 2. The Balaban J connectivity index is 2.25. The predicted molar refractivity (Wildman–Crippen MR) is 81.2 cm³/mol. The molecule has 0 saturated heterocycles. The maximum absolute atomic E-state index is 12.3. The van der Waals surface area contributed by atoms with Gasteiger partial charge in [-0.3, -0.25) is 4.79 Å². The maximum Gasteiger partial charge on any atom is 0.270 e. The third-order valence-corrected chi connectivity index (χ3v) is 3.22. The van der Waals surface area contributed by atoms with Crippen LogP contribution in [0.5, 0.6) is 0 Å². The van der Waals surface area contributed by atoms with Gasteiger partial charge in [0.05, 0.1) is 11.6 Å². The van der Waals surface area contributed by atoms with Gasteiger partial charge in [-0.15, -0.1) is 0 Å². The van der Waals surface area contributed by atoms with E-state index >= 15 is 0 Å². The molecule has 0 aliphatic rings. The molecule has 6 nitrogen and oxygen atoms in total. The first-order valence-corrected chi connectivity index (χ1v) is 6.67. The maximum atomic E-state index is 12.3. The lowest BCUT2D eigenvalue weighted by atomic mass is 10.0. The molecule has 0 aliphatic heterocycles. The number of pyridine rings is 1. The van der Waals surface area contributed by atoms with Crippen LogP contribution in [0.3, 0.4) is 0 Å². The van der Waals surface area contributed by atoms with Crippen molar-refractivity contribution in [2.75, 3.05) is 0 Å². The van der Waals surface area contributed by atoms with Gasteiger partial charge in [-0.2, -0.15) is 0 Å². The molecule has 1 heterocycles. The zero-order valence-corrected chi connectivity index (χ0v) is 11.9. The smallest absolute Gasteiger partial charge is 0.270 e. The number of para-hydroxylation sites is 1. The fraction of sp³-hybridized carbons (Fsp3) is 0.267. The number of benzene rings is 1. The van der Waals surface area contributed by atoms with Gasteiger partial charge in [-0.05, 0) is 18.1 Å². The van der Waals surface area contributed by atoms with E-state index in [-0.39, 0.29) is 17.7 Å². The van der Waals surface area contributed by atoms with Crippen LogP contribution in [0.4, 0.5) is 0 Å². The minimum Gasteiger partial charge on any atom is -0.409 e. The second kappa shape index (κ2) is 6.21. The number of carbonyl (C=O) groups is 1. The van der Waals surface area contributed by atoms with Crippen LogP contribution in [-0.4, -0.2) is 28.0 Å². The molecule has 0 bridgehead atoms. The van der Waals surface area contributed by atoms with Crippen molar-refractivity contribution in [2.45, 2.75) is 19.9 Å². The topological polar surface area (TPSA) is 101 Å². The van der Waals surface area contributed by atoms with Gasteiger partial charge in [0.15, 0.2) is 5.84 Å². The molecule has 0 radical (unpaired) electrons. The van der Waals surface area contributed by atoms with Crippen molar-refractivity contribution in [3.8, 4) is 0 Å². The number of hydrogen-bond donors (Lipinski definition) is 3. The van der Waals surface area contributed by atoms with Crippen molar-refractivity contribution >= 4 is 22.6 Å². The average Bonchev–Trinajstić information content (AvgIpc) is 2.50. The molecule has 110 valence electrons. The van der Waals surface area contributed by atoms with Crippen LogP contribution < -0.4 is 11.1 Å². The SMILES string of the molecule is CC(C)C(NC(=O)c1ccc2ccccc2n1)C(N)=NO. The van der Waals surface area contributed by atoms with Gasteiger partial charge in [-0.1, -0.05) is 43.3 Å². The minimum absolute atomic E-state index is 0.00898. The first-order valence-electron chi connectivity index (χ1n) is 6.67. The Labute approximate surface area is 122 Å². The predicted octanol–water partition coefficient (Wildman–Crippen LogP) is 1.74. The van der Waals surface area contributed by atoms with Crippen LogP contribution in [0.2, 0.25) is 0 Å². The van der Waals surface area contributed by atoms with Gasteiger partial charge in [0.2, 0.25) is 0 Å². The first-order chi connectivity index (χ1) is 10.0. The number of amides is 1. The molecule has 4 N–H and O–H groups in total. The van der Waals surface area contributed by atoms with E-state index in [0.717, 1.165) is 10.9 Å². The Morgan fingerprint density at radius 2 is 2.00 bits per heavy atom. The molecule has 0 spiro atoms. The summed E-state index contributed by atoms with van der Waals surface area (Å²) in [5.41, 5.74) is 6.64. The van der Waals surface area contributed by atoms with E-state index in [9.17, 15) is 4.79 Å². The van der Waals surface area contributed by atoms with Crippen LogP contribution in [0.1, 0.15) is 24.3 Å². The van der Waals surface area contributed by atoms with Crippen LogP contribution in [0.25, 0.3) is 10.9 Å². The zero-order chi connectivity index (χ0) is 15.4. The van der Waals surface area contributed by atoms with Crippen LogP contribution in [0, 0.1) is 5.92 Å². The normalized spacial score (nSPS) is 13.4. The Hall–Kier alpha value is -2.63. The van der Waals surface area contributed by atoms with E-state index in [1.54, 1.807) is 6.07 Å². The molecule has 0 saturated carbocycles. The van der Waals surface area contributed by atoms with Crippen molar-refractivity contribution in [3.05, 3.63) is 42.1 Å². The summed E-state index contributed by atoms with van der Waals surface area (Å²) in [7, 11) is 0. The number of oxime groups is 1. The second-order valence-electron chi connectivity index (χ2n) is 5.11. The molecule has 21 heavy (non-hydrogen) atoms. The van der Waals surface area contributed by atoms with E-state index in [1.165, 1.54) is 0 Å². The largest absolute Gasteiger partial charge is 0.409 e. The summed E-state index contributed by atoms with van der Waals surface area (Å²) in [6.45, 7) is 3.74. The Morgan fingerprint density at radius 1 is 1.29 bits per heavy atom. The van der Waals surface area contributed by atoms with Gasteiger partial charge in [0.1, 0.15) is 5.69 Å². The Morgan fingerprint density at radius 3 is 2.67 bits per heavy atom. The number of hydrogen-bond acceptors (Lipinski definition) is 4. The number of rotatable bonds is 4. The number of carbonyl (C=O) groups excluding carboxylic acids is 1. The summed E-state index contributed by atoms with van der Waals surface area (Å²) in [6, 6.07) is 10.5. The van der Waals surface area contributed by atoms with Gasteiger partial charge >= 0.3 is 0 Å². The third kappa shape index (κ3) is 3.28. The van der Waals surface area contributed by atoms with E-state index in [0.29, 0.717) is 5.69 Å². The summed E-state index contributed by atoms with van der Waals surface area (Å²) < 4.78 is 0. The summed E-state index contributed by atoms with van der Waals surface area (Å²) >= 11 is 0. The van der Waals surface area contributed by atoms with Crippen molar-refractivity contribution in [1.82, 2.24) is 10.3 Å². The second-order valence-corrected chi connectivity index (χ2v) is 5.11.